The molecule has 2 aromatic heterocycles. The van der Waals surface area contributed by atoms with Gasteiger partial charge < -0.3 is 4.57 Å². The second-order valence-corrected chi connectivity index (χ2v) is 6.92. The van der Waals surface area contributed by atoms with E-state index < -0.39 is 0 Å². The highest BCUT2D eigenvalue weighted by atomic mass is 32.1. The van der Waals surface area contributed by atoms with Crippen LogP contribution in [0.15, 0.2) is 30.6 Å². The van der Waals surface area contributed by atoms with Gasteiger partial charge in [0.2, 0.25) is 5.78 Å². The number of likely N-dealkylation sites (tertiary alicyclic amines) is 1. The SMILES string of the molecule is Cn1ccnc1C(=O)[C@H]1CCCN(Cc2ccc3nsnc3c2)C1. The van der Waals surface area contributed by atoms with E-state index in [2.05, 4.69) is 30.8 Å². The number of Topliss-reactive ketones (excluding diaryl/α,β-unsaturated/α-hetero) is 1. The largest absolute Gasteiger partial charge is 0.332 e. The van der Waals surface area contributed by atoms with Gasteiger partial charge in [-0.05, 0) is 37.1 Å². The Morgan fingerprint density at radius 3 is 3.04 bits per heavy atom. The molecule has 6 nitrogen and oxygen atoms in total. The van der Waals surface area contributed by atoms with Gasteiger partial charge in [0, 0.05) is 38.4 Å². The molecule has 1 aliphatic rings. The van der Waals surface area contributed by atoms with E-state index in [-0.39, 0.29) is 11.7 Å². The number of carbonyl (C=O) groups excluding carboxylic acids is 1. The van der Waals surface area contributed by atoms with E-state index in [1.807, 2.05) is 23.9 Å². The Kier molecular flexibility index (Phi) is 4.12. The highest BCUT2D eigenvalue weighted by Crippen LogP contribution is 2.23. The fourth-order valence-corrected chi connectivity index (χ4v) is 3.90. The topological polar surface area (TPSA) is 63.9 Å². The Morgan fingerprint density at radius 1 is 1.33 bits per heavy atom. The minimum absolute atomic E-state index is 0.0320. The highest BCUT2D eigenvalue weighted by Gasteiger charge is 2.28. The number of aromatic nitrogens is 4. The number of fused-ring (bicyclic) bond motifs is 1. The molecule has 3 aromatic rings. The highest BCUT2D eigenvalue weighted by molar-refractivity contribution is 7.00. The zero-order valence-corrected chi connectivity index (χ0v) is 14.4. The average molecular weight is 341 g/mol. The fourth-order valence-electron chi connectivity index (χ4n) is 3.38. The van der Waals surface area contributed by atoms with Crippen molar-refractivity contribution in [3.8, 4) is 0 Å². The first-order chi connectivity index (χ1) is 11.7. The standard InChI is InChI=1S/C17H19N5OS/c1-21-8-6-18-17(21)16(23)13-3-2-7-22(11-13)10-12-4-5-14-15(9-12)20-24-19-14/h4-6,8-9,13H,2-3,7,10-11H2,1H3/t13-/m0/s1. The quantitative estimate of drug-likeness (QED) is 0.682. The van der Waals surface area contributed by atoms with E-state index in [0.29, 0.717) is 5.82 Å². The summed E-state index contributed by atoms with van der Waals surface area (Å²) >= 11 is 1.24. The van der Waals surface area contributed by atoms with Crippen LogP contribution in [0.3, 0.4) is 0 Å². The van der Waals surface area contributed by atoms with Crippen LogP contribution in [0.1, 0.15) is 29.0 Å². The maximum atomic E-state index is 12.7. The maximum Gasteiger partial charge on any atom is 0.202 e. The lowest BCUT2D eigenvalue weighted by Gasteiger charge is -2.31. The summed E-state index contributed by atoms with van der Waals surface area (Å²) in [5.74, 6) is 0.757. The lowest BCUT2D eigenvalue weighted by molar-refractivity contribution is 0.0797. The number of benzene rings is 1. The third-order valence-corrected chi connectivity index (χ3v) is 5.20. The van der Waals surface area contributed by atoms with Crippen molar-refractivity contribution in [1.29, 1.82) is 0 Å². The summed E-state index contributed by atoms with van der Waals surface area (Å²) < 4.78 is 10.4. The lowest BCUT2D eigenvalue weighted by atomic mass is 9.93. The molecule has 7 heteroatoms. The molecule has 1 saturated heterocycles. The Labute approximate surface area is 144 Å². The summed E-state index contributed by atoms with van der Waals surface area (Å²) in [6.45, 7) is 2.66. The molecule has 0 spiro atoms. The van der Waals surface area contributed by atoms with Crippen LogP contribution in [0.5, 0.6) is 0 Å². The molecular formula is C17H19N5OS. The van der Waals surface area contributed by atoms with Gasteiger partial charge in [0.25, 0.3) is 0 Å². The van der Waals surface area contributed by atoms with Gasteiger partial charge >= 0.3 is 0 Å². The van der Waals surface area contributed by atoms with Gasteiger partial charge in [-0.1, -0.05) is 6.07 Å². The van der Waals surface area contributed by atoms with Crippen LogP contribution < -0.4 is 0 Å². The molecule has 0 aliphatic carbocycles. The van der Waals surface area contributed by atoms with Gasteiger partial charge in [0.05, 0.1) is 11.7 Å². The summed E-state index contributed by atoms with van der Waals surface area (Å²) in [5, 5.41) is 0. The molecule has 0 N–H and O–H groups in total. The van der Waals surface area contributed by atoms with Crippen molar-refractivity contribution in [2.24, 2.45) is 13.0 Å². The van der Waals surface area contributed by atoms with Crippen LogP contribution >= 0.6 is 11.7 Å². The smallest absolute Gasteiger partial charge is 0.202 e. The Bertz CT molecular complexity index is 871. The molecule has 0 unspecified atom stereocenters. The van der Waals surface area contributed by atoms with E-state index >= 15 is 0 Å². The van der Waals surface area contributed by atoms with Crippen molar-refractivity contribution in [3.63, 3.8) is 0 Å². The van der Waals surface area contributed by atoms with Crippen LogP contribution in [0.25, 0.3) is 11.0 Å². The van der Waals surface area contributed by atoms with Gasteiger partial charge in [-0.2, -0.15) is 8.75 Å². The molecule has 1 aromatic carbocycles. The van der Waals surface area contributed by atoms with Crippen LogP contribution in [-0.4, -0.2) is 42.1 Å². The number of rotatable bonds is 4. The number of aryl methyl sites for hydroxylation is 1. The van der Waals surface area contributed by atoms with Crippen LogP contribution in [-0.2, 0) is 13.6 Å². The second-order valence-electron chi connectivity index (χ2n) is 6.39. The number of imidazole rings is 1. The van der Waals surface area contributed by atoms with Crippen molar-refractivity contribution < 1.29 is 4.79 Å². The zero-order chi connectivity index (χ0) is 16.5. The number of hydrogen-bond acceptors (Lipinski definition) is 6. The fraction of sp³-hybridized carbons (Fsp3) is 0.412. The van der Waals surface area contributed by atoms with Crippen molar-refractivity contribution in [3.05, 3.63) is 42.0 Å². The molecule has 1 atom stereocenters. The van der Waals surface area contributed by atoms with E-state index in [1.165, 1.54) is 17.3 Å². The summed E-state index contributed by atoms with van der Waals surface area (Å²) in [7, 11) is 1.87. The lowest BCUT2D eigenvalue weighted by Crippen LogP contribution is -2.38. The molecule has 124 valence electrons. The molecule has 0 saturated carbocycles. The van der Waals surface area contributed by atoms with Crippen LogP contribution in [0.2, 0.25) is 0 Å². The van der Waals surface area contributed by atoms with Gasteiger partial charge in [0.15, 0.2) is 5.82 Å². The predicted molar refractivity (Wildman–Crippen MR) is 93.0 cm³/mol. The first-order valence-corrected chi connectivity index (χ1v) is 8.89. The average Bonchev–Trinajstić information content (AvgIpc) is 3.22. The second kappa shape index (κ2) is 6.41. The summed E-state index contributed by atoms with van der Waals surface area (Å²) in [5.41, 5.74) is 3.13. The first-order valence-electron chi connectivity index (χ1n) is 8.16. The van der Waals surface area contributed by atoms with E-state index in [9.17, 15) is 4.79 Å². The zero-order valence-electron chi connectivity index (χ0n) is 13.6. The summed E-state index contributed by atoms with van der Waals surface area (Å²) in [4.78, 5) is 19.3. The maximum absolute atomic E-state index is 12.7. The minimum Gasteiger partial charge on any atom is -0.332 e. The molecule has 0 radical (unpaired) electrons. The van der Waals surface area contributed by atoms with E-state index in [4.69, 9.17) is 0 Å². The molecule has 1 fully saturated rings. The molecule has 0 amide bonds. The number of carbonyl (C=O) groups is 1. The van der Waals surface area contributed by atoms with Crippen molar-refractivity contribution in [2.45, 2.75) is 19.4 Å². The molecule has 1 aliphatic heterocycles. The monoisotopic (exact) mass is 341 g/mol. The van der Waals surface area contributed by atoms with Crippen LogP contribution in [0, 0.1) is 5.92 Å². The third-order valence-electron chi connectivity index (χ3n) is 4.64. The van der Waals surface area contributed by atoms with Gasteiger partial charge in [-0.3, -0.25) is 9.69 Å². The van der Waals surface area contributed by atoms with Crippen molar-refractivity contribution in [2.75, 3.05) is 13.1 Å². The normalized spacial score (nSPS) is 19.0. The molecule has 0 bridgehead atoms. The summed E-state index contributed by atoms with van der Waals surface area (Å²) in [6, 6.07) is 6.23. The van der Waals surface area contributed by atoms with E-state index in [0.717, 1.165) is 43.5 Å². The Balaban J connectivity index is 1.46. The third kappa shape index (κ3) is 2.97. The number of piperidine rings is 1. The Morgan fingerprint density at radius 2 is 2.21 bits per heavy atom. The molecule has 4 rings (SSSR count). The van der Waals surface area contributed by atoms with Crippen LogP contribution in [0.4, 0.5) is 0 Å². The number of ketones is 1. The molecular weight excluding hydrogens is 322 g/mol. The molecule has 24 heavy (non-hydrogen) atoms. The number of nitrogens with zero attached hydrogens (tertiary/aromatic N) is 5. The van der Waals surface area contributed by atoms with Crippen molar-refractivity contribution in [1.82, 2.24) is 23.2 Å². The van der Waals surface area contributed by atoms with Crippen molar-refractivity contribution >= 4 is 28.5 Å². The molecule has 3 heterocycles. The van der Waals surface area contributed by atoms with Gasteiger partial charge in [-0.25, -0.2) is 4.98 Å². The summed E-state index contributed by atoms with van der Waals surface area (Å²) in [6.07, 6.45) is 5.49. The van der Waals surface area contributed by atoms with Gasteiger partial charge in [-0.15, -0.1) is 0 Å². The first kappa shape index (κ1) is 15.4. The minimum atomic E-state index is 0.0320. The predicted octanol–water partition coefficient (Wildman–Crippen LogP) is 2.52. The number of hydrogen-bond donors (Lipinski definition) is 0. The van der Waals surface area contributed by atoms with Gasteiger partial charge in [0.1, 0.15) is 11.0 Å². The van der Waals surface area contributed by atoms with E-state index in [1.54, 1.807) is 6.20 Å². The Hall–Kier alpha value is -2.12.